The molecular weight excluding hydrogens is 394 g/mol. The summed E-state index contributed by atoms with van der Waals surface area (Å²) in [5.74, 6) is -0.594. The van der Waals surface area contributed by atoms with Crippen molar-refractivity contribution in [2.45, 2.75) is 31.6 Å². The molecule has 0 saturated heterocycles. The Morgan fingerprint density at radius 3 is 2.38 bits per heavy atom. The monoisotopic (exact) mass is 415 g/mol. The van der Waals surface area contributed by atoms with Crippen LogP contribution in [0.2, 0.25) is 0 Å². The van der Waals surface area contributed by atoms with Crippen LogP contribution in [0.3, 0.4) is 0 Å². The van der Waals surface area contributed by atoms with Crippen LogP contribution in [0.1, 0.15) is 36.2 Å². The molecule has 2 aromatic carbocycles. The third kappa shape index (κ3) is 4.17. The fourth-order valence-corrected chi connectivity index (χ4v) is 4.50. The van der Waals surface area contributed by atoms with Gasteiger partial charge in [0.15, 0.2) is 5.78 Å². The maximum atomic E-state index is 13.3. The number of aromatic nitrogens is 1. The van der Waals surface area contributed by atoms with Crippen LogP contribution in [0.25, 0.3) is 10.9 Å². The van der Waals surface area contributed by atoms with E-state index in [1.165, 1.54) is 37.4 Å². The molecule has 0 fully saturated rings. The first-order valence-corrected chi connectivity index (χ1v) is 10.5. The maximum absolute atomic E-state index is 13.3. The Balaban J connectivity index is 2.15. The summed E-state index contributed by atoms with van der Waals surface area (Å²) in [4.78, 5) is 22.5. The Hall–Kier alpha value is -3.13. The van der Waals surface area contributed by atoms with Gasteiger partial charge in [-0.15, -0.1) is 0 Å². The summed E-state index contributed by atoms with van der Waals surface area (Å²) in [5, 5.41) is 9.66. The molecule has 1 N–H and O–H groups in total. The summed E-state index contributed by atoms with van der Waals surface area (Å²) in [6.45, 7) is 3.67. The maximum Gasteiger partial charge on any atom is 0.303 e. The molecular formula is C21H21NO6S. The second-order valence-corrected chi connectivity index (χ2v) is 8.36. The Kier molecular flexibility index (Phi) is 5.74. The van der Waals surface area contributed by atoms with Gasteiger partial charge >= 0.3 is 5.97 Å². The van der Waals surface area contributed by atoms with Crippen molar-refractivity contribution >= 4 is 32.7 Å². The number of rotatable bonds is 8. The number of carboxylic acids is 1. The van der Waals surface area contributed by atoms with Crippen LogP contribution >= 0.6 is 0 Å². The van der Waals surface area contributed by atoms with Gasteiger partial charge in [-0.25, -0.2) is 12.4 Å². The quantitative estimate of drug-likeness (QED) is 0.565. The number of ether oxygens (including phenoxy) is 1. The van der Waals surface area contributed by atoms with E-state index in [0.29, 0.717) is 34.4 Å². The lowest BCUT2D eigenvalue weighted by Gasteiger charge is -2.09. The van der Waals surface area contributed by atoms with Crippen LogP contribution in [0.4, 0.5) is 0 Å². The van der Waals surface area contributed by atoms with Gasteiger partial charge in [0.2, 0.25) is 0 Å². The van der Waals surface area contributed by atoms with Crippen LogP contribution in [0.5, 0.6) is 5.75 Å². The Morgan fingerprint density at radius 1 is 1.10 bits per heavy atom. The van der Waals surface area contributed by atoms with E-state index in [-0.39, 0.29) is 23.5 Å². The first kappa shape index (κ1) is 20.6. The lowest BCUT2D eigenvalue weighted by molar-refractivity contribution is -0.136. The number of carbonyl (C=O) groups is 2. The second kappa shape index (κ2) is 8.08. The summed E-state index contributed by atoms with van der Waals surface area (Å²) in [6.07, 6.45) is 1.54. The van der Waals surface area contributed by atoms with Crippen molar-refractivity contribution in [3.05, 3.63) is 59.8 Å². The van der Waals surface area contributed by atoms with Crippen LogP contribution in [-0.2, 0) is 21.2 Å². The fraction of sp³-hybridized carbons (Fsp3) is 0.238. The molecule has 152 valence electrons. The number of carbonyl (C=O) groups excluding carboxylic acids is 1. The highest BCUT2D eigenvalue weighted by Crippen LogP contribution is 2.30. The van der Waals surface area contributed by atoms with Gasteiger partial charge in [0.25, 0.3) is 10.0 Å². The molecule has 0 aliphatic heterocycles. The molecule has 1 aromatic heterocycles. The van der Waals surface area contributed by atoms with Crippen LogP contribution in [0.15, 0.2) is 53.6 Å². The van der Waals surface area contributed by atoms with Gasteiger partial charge < -0.3 is 9.84 Å². The van der Waals surface area contributed by atoms with Crippen molar-refractivity contribution in [1.29, 1.82) is 0 Å². The lowest BCUT2D eigenvalue weighted by Crippen LogP contribution is -2.12. The molecule has 0 unspecified atom stereocenters. The van der Waals surface area contributed by atoms with Gasteiger partial charge in [-0.2, -0.15) is 0 Å². The number of fused-ring (bicyclic) bond motifs is 1. The molecule has 3 rings (SSSR count). The number of hydrogen-bond acceptors (Lipinski definition) is 5. The number of aliphatic carboxylic acids is 1. The van der Waals surface area contributed by atoms with E-state index in [1.54, 1.807) is 18.2 Å². The Labute approximate surface area is 168 Å². The van der Waals surface area contributed by atoms with E-state index in [1.807, 2.05) is 6.92 Å². The Bertz CT molecular complexity index is 1180. The molecule has 7 nitrogen and oxygen atoms in total. The van der Waals surface area contributed by atoms with Gasteiger partial charge in [-0.3, -0.25) is 9.59 Å². The largest absolute Gasteiger partial charge is 0.494 e. The van der Waals surface area contributed by atoms with Gasteiger partial charge in [0, 0.05) is 29.6 Å². The van der Waals surface area contributed by atoms with Crippen LogP contribution < -0.4 is 4.74 Å². The average molecular weight is 415 g/mol. The molecule has 0 saturated carbocycles. The zero-order valence-electron chi connectivity index (χ0n) is 16.1. The SMILES string of the molecule is CCOc1ccc2c(CCC(=O)O)cn(S(=O)(=O)c3ccc(C(C)=O)cc3)c2c1. The van der Waals surface area contributed by atoms with Crippen molar-refractivity contribution < 1.29 is 27.9 Å². The topological polar surface area (TPSA) is 103 Å². The second-order valence-electron chi connectivity index (χ2n) is 6.54. The summed E-state index contributed by atoms with van der Waals surface area (Å²) in [7, 11) is -3.96. The van der Waals surface area contributed by atoms with E-state index in [2.05, 4.69) is 0 Å². The first-order chi connectivity index (χ1) is 13.7. The van der Waals surface area contributed by atoms with Crippen molar-refractivity contribution in [1.82, 2.24) is 3.97 Å². The molecule has 0 spiro atoms. The minimum atomic E-state index is -3.96. The van der Waals surface area contributed by atoms with Gasteiger partial charge in [-0.1, -0.05) is 12.1 Å². The predicted molar refractivity (Wildman–Crippen MR) is 108 cm³/mol. The summed E-state index contributed by atoms with van der Waals surface area (Å²) in [6, 6.07) is 10.8. The molecule has 1 heterocycles. The zero-order chi connectivity index (χ0) is 21.2. The molecule has 0 radical (unpaired) electrons. The van der Waals surface area contributed by atoms with E-state index in [4.69, 9.17) is 9.84 Å². The number of ketones is 1. The number of aryl methyl sites for hydroxylation is 1. The highest BCUT2D eigenvalue weighted by molar-refractivity contribution is 7.90. The molecule has 0 atom stereocenters. The standard InChI is InChI=1S/C21H21NO6S/c1-3-28-17-7-10-19-16(6-11-21(24)25)13-22(20(19)12-17)29(26,27)18-8-4-15(5-9-18)14(2)23/h4-5,7-10,12-13H,3,6,11H2,1-2H3,(H,24,25). The third-order valence-electron chi connectivity index (χ3n) is 4.56. The average Bonchev–Trinajstić information content (AvgIpc) is 3.05. The van der Waals surface area contributed by atoms with Gasteiger partial charge in [0.05, 0.1) is 17.0 Å². The van der Waals surface area contributed by atoms with E-state index < -0.39 is 16.0 Å². The van der Waals surface area contributed by atoms with E-state index in [9.17, 15) is 18.0 Å². The normalized spacial score (nSPS) is 11.5. The van der Waals surface area contributed by atoms with Crippen LogP contribution in [-0.4, -0.2) is 35.9 Å². The number of nitrogens with zero attached hydrogens (tertiary/aromatic N) is 1. The highest BCUT2D eigenvalue weighted by Gasteiger charge is 2.22. The molecule has 0 bridgehead atoms. The number of Topliss-reactive ketones (excluding diaryl/α,β-unsaturated/α-hetero) is 1. The molecule has 0 amide bonds. The zero-order valence-corrected chi connectivity index (χ0v) is 16.9. The van der Waals surface area contributed by atoms with Crippen molar-refractivity contribution in [3.8, 4) is 5.75 Å². The Morgan fingerprint density at radius 2 is 1.79 bits per heavy atom. The molecule has 0 aliphatic rings. The summed E-state index contributed by atoms with van der Waals surface area (Å²) < 4.78 is 33.2. The molecule has 0 aliphatic carbocycles. The smallest absolute Gasteiger partial charge is 0.303 e. The highest BCUT2D eigenvalue weighted by atomic mass is 32.2. The first-order valence-electron chi connectivity index (χ1n) is 9.09. The number of hydrogen-bond donors (Lipinski definition) is 1. The van der Waals surface area contributed by atoms with E-state index in [0.717, 1.165) is 3.97 Å². The minimum Gasteiger partial charge on any atom is -0.494 e. The van der Waals surface area contributed by atoms with Crippen molar-refractivity contribution in [2.75, 3.05) is 6.61 Å². The molecule has 3 aromatic rings. The van der Waals surface area contributed by atoms with Crippen molar-refractivity contribution in [3.63, 3.8) is 0 Å². The predicted octanol–water partition coefficient (Wildman–Crippen LogP) is 3.50. The van der Waals surface area contributed by atoms with Gasteiger partial charge in [0.1, 0.15) is 5.75 Å². The van der Waals surface area contributed by atoms with Gasteiger partial charge in [-0.05, 0) is 50.1 Å². The fourth-order valence-electron chi connectivity index (χ4n) is 3.12. The minimum absolute atomic E-state index is 0.0333. The van der Waals surface area contributed by atoms with Crippen molar-refractivity contribution in [2.24, 2.45) is 0 Å². The van der Waals surface area contributed by atoms with Crippen LogP contribution in [0, 0.1) is 0 Å². The number of carboxylic acid groups (broad SMARTS) is 1. The van der Waals surface area contributed by atoms with E-state index >= 15 is 0 Å². The lowest BCUT2D eigenvalue weighted by atomic mass is 10.1. The summed E-state index contributed by atoms with van der Waals surface area (Å²) >= 11 is 0. The molecule has 29 heavy (non-hydrogen) atoms. The third-order valence-corrected chi connectivity index (χ3v) is 6.25. The number of benzene rings is 2. The molecule has 8 heteroatoms. The summed E-state index contributed by atoms with van der Waals surface area (Å²) in [5.41, 5.74) is 1.45.